The maximum absolute atomic E-state index is 11.1. The highest BCUT2D eigenvalue weighted by Gasteiger charge is 2.11. The zero-order valence-corrected chi connectivity index (χ0v) is 7.89. The smallest absolute Gasteiger partial charge is 0.308 e. The molecule has 0 aromatic heterocycles. The summed E-state index contributed by atoms with van der Waals surface area (Å²) in [5.41, 5.74) is 0. The summed E-state index contributed by atoms with van der Waals surface area (Å²) in [6, 6.07) is 0. The lowest BCUT2D eigenvalue weighted by molar-refractivity contribution is -0.149. The summed E-state index contributed by atoms with van der Waals surface area (Å²) in [5, 5.41) is 0. The number of hydrogen-bond donors (Lipinski definition) is 0. The Morgan fingerprint density at radius 3 is 2.27 bits per heavy atom. The van der Waals surface area contributed by atoms with Crippen molar-refractivity contribution in [2.24, 2.45) is 11.8 Å². The van der Waals surface area contributed by atoms with Gasteiger partial charge in [0.15, 0.2) is 0 Å². The van der Waals surface area contributed by atoms with E-state index in [2.05, 4.69) is 0 Å². The Labute approximate surface area is 68.9 Å². The van der Waals surface area contributed by atoms with Crippen LogP contribution in [0.4, 0.5) is 0 Å². The summed E-state index contributed by atoms with van der Waals surface area (Å²) < 4.78 is 5.02. The van der Waals surface area contributed by atoms with Crippen molar-refractivity contribution in [3.8, 4) is 0 Å². The average molecular weight is 158 g/mol. The van der Waals surface area contributed by atoms with Crippen LogP contribution in [-0.2, 0) is 9.53 Å². The Morgan fingerprint density at radius 1 is 1.36 bits per heavy atom. The summed E-state index contributed by atoms with van der Waals surface area (Å²) in [4.78, 5) is 11.1. The van der Waals surface area contributed by atoms with Gasteiger partial charge in [0, 0.05) is 0 Å². The van der Waals surface area contributed by atoms with E-state index >= 15 is 0 Å². The summed E-state index contributed by atoms with van der Waals surface area (Å²) in [6.45, 7) is 8.49. The molecule has 0 N–H and O–H groups in total. The zero-order chi connectivity index (χ0) is 8.85. The van der Waals surface area contributed by atoms with Crippen LogP contribution in [0.15, 0.2) is 0 Å². The minimum absolute atomic E-state index is 0.0498. The van der Waals surface area contributed by atoms with E-state index in [4.69, 9.17) is 4.74 Å². The molecule has 0 aromatic rings. The van der Waals surface area contributed by atoms with Crippen LogP contribution >= 0.6 is 0 Å². The zero-order valence-electron chi connectivity index (χ0n) is 7.89. The highest BCUT2D eigenvalue weighted by molar-refractivity contribution is 5.71. The van der Waals surface area contributed by atoms with Gasteiger partial charge in [0.1, 0.15) is 0 Å². The molecule has 0 radical (unpaired) electrons. The van der Waals surface area contributed by atoms with Crippen molar-refractivity contribution < 1.29 is 9.53 Å². The van der Waals surface area contributed by atoms with Crippen molar-refractivity contribution in [2.75, 3.05) is 6.61 Å². The van der Waals surface area contributed by atoms with Crippen molar-refractivity contribution >= 4 is 5.97 Å². The molecule has 0 aromatic carbocycles. The Bertz CT molecular complexity index is 119. The molecule has 11 heavy (non-hydrogen) atoms. The molecule has 0 aliphatic heterocycles. The van der Waals surface area contributed by atoms with E-state index in [1.54, 1.807) is 0 Å². The molecule has 0 aliphatic carbocycles. The number of hydrogen-bond acceptors (Lipinski definition) is 2. The fraction of sp³-hybridized carbons (Fsp3) is 0.889. The fourth-order valence-corrected chi connectivity index (χ4v) is 0.558. The number of esters is 1. The van der Waals surface area contributed by atoms with Crippen molar-refractivity contribution in [1.29, 1.82) is 0 Å². The number of ether oxygens (including phenoxy) is 1. The first-order chi connectivity index (χ1) is 5.07. The quantitative estimate of drug-likeness (QED) is 0.586. The minimum atomic E-state index is -0.0683. The monoisotopic (exact) mass is 158 g/mol. The van der Waals surface area contributed by atoms with Crippen molar-refractivity contribution in [1.82, 2.24) is 0 Å². The molecule has 2 heteroatoms. The summed E-state index contributed by atoms with van der Waals surface area (Å²) in [7, 11) is 0. The van der Waals surface area contributed by atoms with Crippen molar-refractivity contribution in [3.63, 3.8) is 0 Å². The first kappa shape index (κ1) is 10.5. The predicted octanol–water partition coefficient (Wildman–Crippen LogP) is 2.23. The fourth-order valence-electron chi connectivity index (χ4n) is 0.558. The molecule has 0 fully saturated rings. The standard InChI is InChI=1S/C9H18O2/c1-5-8(4)9(10)11-6-7(2)3/h7-8H,5-6H2,1-4H3. The van der Waals surface area contributed by atoms with Crippen LogP contribution in [0.1, 0.15) is 34.1 Å². The number of carbonyl (C=O) groups is 1. The number of rotatable bonds is 4. The first-order valence-electron chi connectivity index (χ1n) is 4.24. The Kier molecular flexibility index (Phi) is 4.92. The normalized spacial score (nSPS) is 13.2. The Hall–Kier alpha value is -0.530. The largest absolute Gasteiger partial charge is 0.465 e. The topological polar surface area (TPSA) is 26.3 Å². The molecule has 0 aliphatic rings. The SMILES string of the molecule is CCC(C)C(=O)OCC(C)C. The Balaban J connectivity index is 3.52. The summed E-state index contributed by atoms with van der Waals surface area (Å²) in [6.07, 6.45) is 0.858. The molecule has 0 bridgehead atoms. The van der Waals surface area contributed by atoms with Gasteiger partial charge in [-0.1, -0.05) is 27.7 Å². The third-order valence-corrected chi connectivity index (χ3v) is 1.57. The van der Waals surface area contributed by atoms with Crippen LogP contribution in [0, 0.1) is 11.8 Å². The van der Waals surface area contributed by atoms with Gasteiger partial charge in [-0.3, -0.25) is 4.79 Å². The van der Waals surface area contributed by atoms with Gasteiger partial charge in [-0.2, -0.15) is 0 Å². The van der Waals surface area contributed by atoms with Gasteiger partial charge in [-0.25, -0.2) is 0 Å². The van der Waals surface area contributed by atoms with E-state index in [1.807, 2.05) is 27.7 Å². The second kappa shape index (κ2) is 5.16. The second-order valence-corrected chi connectivity index (χ2v) is 3.33. The summed E-state index contributed by atoms with van der Waals surface area (Å²) >= 11 is 0. The Morgan fingerprint density at radius 2 is 1.91 bits per heavy atom. The van der Waals surface area contributed by atoms with Crippen LogP contribution in [0.3, 0.4) is 0 Å². The van der Waals surface area contributed by atoms with E-state index in [9.17, 15) is 4.79 Å². The van der Waals surface area contributed by atoms with E-state index < -0.39 is 0 Å². The van der Waals surface area contributed by atoms with Crippen LogP contribution in [0.25, 0.3) is 0 Å². The molecule has 0 rings (SSSR count). The lowest BCUT2D eigenvalue weighted by Gasteiger charge is -2.10. The average Bonchev–Trinajstić information content (AvgIpc) is 1.98. The molecular formula is C9H18O2. The first-order valence-corrected chi connectivity index (χ1v) is 4.24. The highest BCUT2D eigenvalue weighted by atomic mass is 16.5. The van der Waals surface area contributed by atoms with E-state index in [0.29, 0.717) is 12.5 Å². The molecular weight excluding hydrogens is 140 g/mol. The molecule has 0 saturated carbocycles. The maximum Gasteiger partial charge on any atom is 0.308 e. The maximum atomic E-state index is 11.1. The molecule has 0 heterocycles. The van der Waals surface area contributed by atoms with E-state index in [0.717, 1.165) is 6.42 Å². The van der Waals surface area contributed by atoms with Gasteiger partial charge in [0.2, 0.25) is 0 Å². The second-order valence-electron chi connectivity index (χ2n) is 3.33. The molecule has 66 valence electrons. The van der Waals surface area contributed by atoms with Gasteiger partial charge < -0.3 is 4.74 Å². The van der Waals surface area contributed by atoms with Crippen molar-refractivity contribution in [2.45, 2.75) is 34.1 Å². The third-order valence-electron chi connectivity index (χ3n) is 1.57. The predicted molar refractivity (Wildman–Crippen MR) is 45.3 cm³/mol. The molecule has 0 amide bonds. The highest BCUT2D eigenvalue weighted by Crippen LogP contribution is 2.04. The molecule has 0 spiro atoms. The van der Waals surface area contributed by atoms with Crippen LogP contribution < -0.4 is 0 Å². The summed E-state index contributed by atoms with van der Waals surface area (Å²) in [5.74, 6) is 0.415. The van der Waals surface area contributed by atoms with Crippen molar-refractivity contribution in [3.05, 3.63) is 0 Å². The van der Waals surface area contributed by atoms with Crippen LogP contribution in [-0.4, -0.2) is 12.6 Å². The van der Waals surface area contributed by atoms with E-state index in [-0.39, 0.29) is 11.9 Å². The number of carbonyl (C=O) groups excluding carboxylic acids is 1. The minimum Gasteiger partial charge on any atom is -0.465 e. The van der Waals surface area contributed by atoms with Gasteiger partial charge >= 0.3 is 5.97 Å². The molecule has 2 nitrogen and oxygen atoms in total. The lowest BCUT2D eigenvalue weighted by atomic mass is 10.1. The van der Waals surface area contributed by atoms with Gasteiger partial charge in [0.25, 0.3) is 0 Å². The van der Waals surface area contributed by atoms with E-state index in [1.165, 1.54) is 0 Å². The third kappa shape index (κ3) is 4.82. The lowest BCUT2D eigenvalue weighted by Crippen LogP contribution is -2.16. The van der Waals surface area contributed by atoms with Gasteiger partial charge in [0.05, 0.1) is 12.5 Å². The molecule has 1 atom stereocenters. The van der Waals surface area contributed by atoms with Gasteiger partial charge in [-0.15, -0.1) is 0 Å². The molecule has 1 unspecified atom stereocenters. The molecule has 0 saturated heterocycles. The van der Waals surface area contributed by atoms with Gasteiger partial charge in [-0.05, 0) is 12.3 Å². The van der Waals surface area contributed by atoms with Crippen LogP contribution in [0.2, 0.25) is 0 Å². The van der Waals surface area contributed by atoms with Crippen LogP contribution in [0.5, 0.6) is 0 Å².